The van der Waals surface area contributed by atoms with Crippen molar-refractivity contribution >= 4 is 17.3 Å². The molecule has 0 saturated carbocycles. The lowest BCUT2D eigenvalue weighted by atomic mass is 10.4. The molecule has 16 heavy (non-hydrogen) atoms. The van der Waals surface area contributed by atoms with E-state index in [-0.39, 0.29) is 0 Å². The Morgan fingerprint density at radius 2 is 2.44 bits per heavy atom. The summed E-state index contributed by atoms with van der Waals surface area (Å²) in [6.07, 6.45) is 1.01. The number of thiazole rings is 1. The molecular formula is C10H19N5S. The van der Waals surface area contributed by atoms with Crippen LogP contribution < -0.4 is 11.3 Å². The first kappa shape index (κ1) is 12.9. The average Bonchev–Trinajstić information content (AvgIpc) is 2.65. The maximum Gasteiger partial charge on any atom is 0.208 e. The number of guanidine groups is 1. The highest BCUT2D eigenvalue weighted by Crippen LogP contribution is 2.13. The summed E-state index contributed by atoms with van der Waals surface area (Å²) in [5.41, 5.74) is 5.56. The third-order valence-electron chi connectivity index (χ3n) is 2.20. The van der Waals surface area contributed by atoms with Crippen LogP contribution in [-0.2, 0) is 6.54 Å². The van der Waals surface area contributed by atoms with E-state index in [1.807, 2.05) is 24.4 Å². The Kier molecular flexibility index (Phi) is 5.21. The molecule has 0 spiro atoms. The summed E-state index contributed by atoms with van der Waals surface area (Å²) in [4.78, 5) is 11.8. The standard InChI is InChI=1S/C10H19N5S/c1-4-5-12-10(14-11)15(3)6-9-8(2)13-7-16-9/h7H,4-6,11H2,1-3H3,(H,12,14). The second kappa shape index (κ2) is 6.44. The van der Waals surface area contributed by atoms with Crippen molar-refractivity contribution in [3.63, 3.8) is 0 Å². The molecular weight excluding hydrogens is 222 g/mol. The molecule has 1 heterocycles. The van der Waals surface area contributed by atoms with E-state index in [2.05, 4.69) is 22.3 Å². The topological polar surface area (TPSA) is 66.5 Å². The van der Waals surface area contributed by atoms with E-state index in [1.165, 1.54) is 4.88 Å². The number of hydrogen-bond donors (Lipinski definition) is 2. The summed E-state index contributed by atoms with van der Waals surface area (Å²) in [6, 6.07) is 0. The highest BCUT2D eigenvalue weighted by atomic mass is 32.1. The number of nitrogens with one attached hydrogen (secondary N) is 1. The van der Waals surface area contributed by atoms with Crippen molar-refractivity contribution in [3.8, 4) is 0 Å². The van der Waals surface area contributed by atoms with Crippen molar-refractivity contribution in [1.82, 2.24) is 15.3 Å². The van der Waals surface area contributed by atoms with Gasteiger partial charge in [-0.15, -0.1) is 11.3 Å². The summed E-state index contributed by atoms with van der Waals surface area (Å²) in [7, 11) is 1.97. The molecule has 0 unspecified atom stereocenters. The van der Waals surface area contributed by atoms with Crippen molar-refractivity contribution in [2.75, 3.05) is 13.6 Å². The van der Waals surface area contributed by atoms with E-state index in [1.54, 1.807) is 11.3 Å². The predicted octanol–water partition coefficient (Wildman–Crippen LogP) is 1.11. The van der Waals surface area contributed by atoms with Gasteiger partial charge in [-0.1, -0.05) is 6.92 Å². The molecule has 0 saturated heterocycles. The largest absolute Gasteiger partial charge is 0.340 e. The maximum atomic E-state index is 5.45. The van der Waals surface area contributed by atoms with E-state index in [0.29, 0.717) is 0 Å². The fraction of sp³-hybridized carbons (Fsp3) is 0.600. The molecule has 3 N–H and O–H groups in total. The van der Waals surface area contributed by atoms with Gasteiger partial charge in [-0.2, -0.15) is 0 Å². The molecule has 0 aliphatic rings. The summed E-state index contributed by atoms with van der Waals surface area (Å²) >= 11 is 1.65. The van der Waals surface area contributed by atoms with Gasteiger partial charge in [0.15, 0.2) is 0 Å². The number of aryl methyl sites for hydroxylation is 1. The van der Waals surface area contributed by atoms with Crippen LogP contribution in [0.2, 0.25) is 0 Å². The third kappa shape index (κ3) is 3.46. The van der Waals surface area contributed by atoms with Gasteiger partial charge in [-0.25, -0.2) is 10.8 Å². The smallest absolute Gasteiger partial charge is 0.208 e. The summed E-state index contributed by atoms with van der Waals surface area (Å²) < 4.78 is 0. The molecule has 90 valence electrons. The monoisotopic (exact) mass is 241 g/mol. The van der Waals surface area contributed by atoms with Crippen molar-refractivity contribution in [1.29, 1.82) is 0 Å². The van der Waals surface area contributed by atoms with Gasteiger partial charge in [0, 0.05) is 18.5 Å². The van der Waals surface area contributed by atoms with Gasteiger partial charge in [0.25, 0.3) is 0 Å². The number of hydrazine groups is 1. The number of hydrogen-bond acceptors (Lipinski definition) is 4. The first-order valence-corrected chi connectivity index (χ1v) is 6.18. The molecule has 0 bridgehead atoms. The Bertz CT molecular complexity index is 347. The van der Waals surface area contributed by atoms with Gasteiger partial charge in [-0.3, -0.25) is 10.4 Å². The number of nitrogens with zero attached hydrogens (tertiary/aromatic N) is 3. The molecule has 0 fully saturated rings. The number of nitrogens with two attached hydrogens (primary N) is 1. The fourth-order valence-corrected chi connectivity index (χ4v) is 2.09. The number of rotatable bonds is 4. The van der Waals surface area contributed by atoms with E-state index in [4.69, 9.17) is 5.84 Å². The number of aliphatic imine (C=N–C) groups is 1. The zero-order chi connectivity index (χ0) is 12.0. The van der Waals surface area contributed by atoms with Crippen LogP contribution in [-0.4, -0.2) is 29.4 Å². The Morgan fingerprint density at radius 1 is 1.69 bits per heavy atom. The minimum atomic E-state index is 0.717. The SMILES string of the molecule is CCCN=C(NN)N(C)Cc1scnc1C. The molecule has 0 amide bonds. The Morgan fingerprint density at radius 3 is 2.94 bits per heavy atom. The molecule has 0 radical (unpaired) electrons. The van der Waals surface area contributed by atoms with Crippen LogP contribution in [0.25, 0.3) is 0 Å². The van der Waals surface area contributed by atoms with Gasteiger partial charge in [0.05, 0.1) is 17.7 Å². The van der Waals surface area contributed by atoms with Gasteiger partial charge in [0.1, 0.15) is 0 Å². The third-order valence-corrected chi connectivity index (χ3v) is 3.12. The van der Waals surface area contributed by atoms with Crippen molar-refractivity contribution in [3.05, 3.63) is 16.1 Å². The first-order valence-electron chi connectivity index (χ1n) is 5.30. The van der Waals surface area contributed by atoms with Crippen molar-refractivity contribution in [2.24, 2.45) is 10.8 Å². The predicted molar refractivity (Wildman–Crippen MR) is 68.2 cm³/mol. The van der Waals surface area contributed by atoms with Crippen LogP contribution in [0, 0.1) is 6.92 Å². The highest BCUT2D eigenvalue weighted by molar-refractivity contribution is 7.09. The molecule has 6 heteroatoms. The van der Waals surface area contributed by atoms with E-state index < -0.39 is 0 Å². The number of aromatic nitrogens is 1. The minimum absolute atomic E-state index is 0.717. The normalized spacial score (nSPS) is 11.6. The highest BCUT2D eigenvalue weighted by Gasteiger charge is 2.08. The molecule has 0 aliphatic carbocycles. The van der Waals surface area contributed by atoms with Crippen molar-refractivity contribution in [2.45, 2.75) is 26.8 Å². The van der Waals surface area contributed by atoms with Crippen LogP contribution >= 0.6 is 11.3 Å². The van der Waals surface area contributed by atoms with E-state index >= 15 is 0 Å². The van der Waals surface area contributed by atoms with Crippen LogP contribution in [0.5, 0.6) is 0 Å². The lowest BCUT2D eigenvalue weighted by molar-refractivity contribution is 0.480. The molecule has 0 aliphatic heterocycles. The van der Waals surface area contributed by atoms with Gasteiger partial charge in [0.2, 0.25) is 5.96 Å². The van der Waals surface area contributed by atoms with Crippen LogP contribution in [0.1, 0.15) is 23.9 Å². The minimum Gasteiger partial charge on any atom is -0.340 e. The Labute approximate surface area is 100 Å². The Balaban J connectivity index is 2.63. The maximum absolute atomic E-state index is 5.45. The fourth-order valence-electron chi connectivity index (χ4n) is 1.26. The van der Waals surface area contributed by atoms with E-state index in [9.17, 15) is 0 Å². The van der Waals surface area contributed by atoms with Gasteiger partial charge < -0.3 is 4.90 Å². The Hall–Kier alpha value is -1.14. The summed E-state index contributed by atoms with van der Waals surface area (Å²) in [5, 5.41) is 0. The van der Waals surface area contributed by atoms with Crippen LogP contribution in [0.4, 0.5) is 0 Å². The lowest BCUT2D eigenvalue weighted by Gasteiger charge is -2.20. The van der Waals surface area contributed by atoms with Crippen molar-refractivity contribution < 1.29 is 0 Å². The van der Waals surface area contributed by atoms with E-state index in [0.717, 1.165) is 31.2 Å². The summed E-state index contributed by atoms with van der Waals surface area (Å²) in [5.74, 6) is 6.16. The second-order valence-electron chi connectivity index (χ2n) is 3.57. The zero-order valence-electron chi connectivity index (χ0n) is 10.0. The molecule has 1 aromatic rings. The van der Waals surface area contributed by atoms with Gasteiger partial charge >= 0.3 is 0 Å². The molecule has 1 rings (SSSR count). The average molecular weight is 241 g/mol. The van der Waals surface area contributed by atoms with Crippen LogP contribution in [0.3, 0.4) is 0 Å². The lowest BCUT2D eigenvalue weighted by Crippen LogP contribution is -2.42. The molecule has 5 nitrogen and oxygen atoms in total. The van der Waals surface area contributed by atoms with Gasteiger partial charge in [-0.05, 0) is 13.3 Å². The first-order chi connectivity index (χ1) is 7.69. The quantitative estimate of drug-likeness (QED) is 0.359. The molecule has 0 aromatic carbocycles. The molecule has 1 aromatic heterocycles. The zero-order valence-corrected chi connectivity index (χ0v) is 10.8. The molecule has 0 atom stereocenters. The second-order valence-corrected chi connectivity index (χ2v) is 4.51. The van der Waals surface area contributed by atoms with Crippen LogP contribution in [0.15, 0.2) is 10.5 Å². The summed E-state index contributed by atoms with van der Waals surface area (Å²) in [6.45, 7) is 5.66.